The Hall–Kier alpha value is -10.5. The summed E-state index contributed by atoms with van der Waals surface area (Å²) >= 11 is 0. The van der Waals surface area contributed by atoms with E-state index < -0.39 is 16.9 Å². The number of fused-ring (bicyclic) bond motifs is 16. The number of anilines is 6. The van der Waals surface area contributed by atoms with Gasteiger partial charge < -0.3 is 9.80 Å². The second kappa shape index (κ2) is 18.7. The third-order valence-corrected chi connectivity index (χ3v) is 19.0. The Morgan fingerprint density at radius 1 is 0.271 bits per heavy atom. The third-order valence-electron chi connectivity index (χ3n) is 19.0. The van der Waals surface area contributed by atoms with Crippen LogP contribution in [0, 0.1) is 0 Å². The molecule has 13 aromatic carbocycles. The maximum absolute atomic E-state index is 9.40. The van der Waals surface area contributed by atoms with Gasteiger partial charge in [0.15, 0.2) is 0 Å². The van der Waals surface area contributed by atoms with Gasteiger partial charge in [-0.2, -0.15) is 0 Å². The molecule has 13 aromatic rings. The molecule has 0 N–H and O–H groups in total. The lowest BCUT2D eigenvalue weighted by atomic mass is 9.67. The van der Waals surface area contributed by atoms with Crippen LogP contribution in [0.5, 0.6) is 0 Å². The fourth-order valence-corrected chi connectivity index (χ4v) is 15.6. The topological polar surface area (TPSA) is 6.48 Å². The second-order valence-corrected chi connectivity index (χ2v) is 23.5. The van der Waals surface area contributed by atoms with Crippen molar-refractivity contribution in [3.8, 4) is 55.6 Å². The smallest absolute Gasteiger partial charge is 0.0734 e. The largest absolute Gasteiger partial charge is 0.310 e. The molecule has 0 saturated heterocycles. The molecule has 0 amide bonds. The highest BCUT2D eigenvalue weighted by Crippen LogP contribution is 2.66. The van der Waals surface area contributed by atoms with Crippen LogP contribution in [0.3, 0.4) is 0 Å². The zero-order valence-corrected chi connectivity index (χ0v) is 47.0. The highest BCUT2D eigenvalue weighted by molar-refractivity contribution is 6.00. The molecule has 0 fully saturated rings. The Bertz CT molecular complexity index is 5050. The fourth-order valence-electron chi connectivity index (χ4n) is 15.6. The van der Waals surface area contributed by atoms with Crippen molar-refractivity contribution in [3.63, 3.8) is 0 Å². The minimum Gasteiger partial charge on any atom is -0.310 e. The van der Waals surface area contributed by atoms with Crippen LogP contribution in [0.2, 0.25) is 0 Å². The average molecular weight is 1090 g/mol. The number of hydrogen-bond acceptors (Lipinski definition) is 2. The molecule has 1 spiro atoms. The van der Waals surface area contributed by atoms with Gasteiger partial charge in [0.05, 0.1) is 29.1 Å². The summed E-state index contributed by atoms with van der Waals surface area (Å²) in [6.07, 6.45) is 0. The maximum Gasteiger partial charge on any atom is 0.0734 e. The lowest BCUT2D eigenvalue weighted by Crippen LogP contribution is -2.30. The van der Waals surface area contributed by atoms with E-state index in [2.05, 4.69) is 285 Å². The first-order valence-corrected chi connectivity index (χ1v) is 29.4. The molecule has 4 aliphatic carbocycles. The standard InChI is InChI=1S/C83H58N2/c1-81(2)71-40-20-15-35-63(71)67-49-46-59(52-75(67)81)85(78-44-24-19-34-62(78)55-26-7-3-8-27-55)61-48-51-69-65-37-17-23-43-74(65)83(77(69)54-61)73-42-22-16-36-64(73)68-50-47-60(53-76(68)83)84(58-32-13-6-14-33-58)79-45-25-39-70-66-38-18-21-41-72(66)82(80(70)79,56-28-9-4-10-29-56)57-30-11-5-12-31-57/h3-54H,1-2H3/i3D,7D,8D,26D,27D. The van der Waals surface area contributed by atoms with Gasteiger partial charge in [-0.05, 0) is 161 Å². The Labute approximate surface area is 504 Å². The first kappa shape index (κ1) is 44.1. The number of benzene rings is 13. The molecule has 1 unspecified atom stereocenters. The van der Waals surface area contributed by atoms with Crippen molar-refractivity contribution in [2.75, 3.05) is 9.80 Å². The molecule has 4 aliphatic rings. The van der Waals surface area contributed by atoms with Crippen LogP contribution >= 0.6 is 0 Å². The number of hydrogen-bond donors (Lipinski definition) is 0. The molecule has 17 rings (SSSR count). The summed E-state index contributed by atoms with van der Waals surface area (Å²) in [5.41, 5.74) is 25.8. The summed E-state index contributed by atoms with van der Waals surface area (Å²) in [6.45, 7) is 4.58. The van der Waals surface area contributed by atoms with E-state index in [1.807, 2.05) is 24.3 Å². The summed E-state index contributed by atoms with van der Waals surface area (Å²) in [6, 6.07) is 102. The van der Waals surface area contributed by atoms with E-state index in [1.165, 1.54) is 77.9 Å². The zero-order chi connectivity index (χ0) is 60.8. The van der Waals surface area contributed by atoms with Crippen molar-refractivity contribution < 1.29 is 6.85 Å². The van der Waals surface area contributed by atoms with Crippen LogP contribution in [0.15, 0.2) is 315 Å². The van der Waals surface area contributed by atoms with Crippen LogP contribution in [-0.4, -0.2) is 0 Å². The van der Waals surface area contributed by atoms with Crippen molar-refractivity contribution >= 4 is 34.1 Å². The van der Waals surface area contributed by atoms with Crippen LogP contribution < -0.4 is 9.80 Å². The Morgan fingerprint density at radius 3 is 1.20 bits per heavy atom. The predicted molar refractivity (Wildman–Crippen MR) is 352 cm³/mol. The molecule has 0 radical (unpaired) electrons. The predicted octanol–water partition coefficient (Wildman–Crippen LogP) is 21.3. The van der Waals surface area contributed by atoms with Crippen LogP contribution in [0.4, 0.5) is 34.1 Å². The van der Waals surface area contributed by atoms with Gasteiger partial charge in [-0.25, -0.2) is 0 Å². The first-order chi connectivity index (χ1) is 44.0. The van der Waals surface area contributed by atoms with E-state index in [-0.39, 0.29) is 35.1 Å². The molecule has 0 aliphatic heterocycles. The molecule has 0 heterocycles. The second-order valence-electron chi connectivity index (χ2n) is 23.5. The van der Waals surface area contributed by atoms with Gasteiger partial charge in [0.1, 0.15) is 0 Å². The molecule has 0 aromatic heterocycles. The van der Waals surface area contributed by atoms with Crippen molar-refractivity contribution in [1.82, 2.24) is 0 Å². The molecule has 2 heteroatoms. The maximum atomic E-state index is 9.40. The lowest BCUT2D eigenvalue weighted by Gasteiger charge is -2.38. The Balaban J connectivity index is 0.927. The van der Waals surface area contributed by atoms with Crippen molar-refractivity contribution in [1.29, 1.82) is 0 Å². The van der Waals surface area contributed by atoms with Crippen LogP contribution in [0.1, 0.15) is 76.3 Å². The summed E-state index contributed by atoms with van der Waals surface area (Å²) in [5.74, 6) is 0. The van der Waals surface area contributed by atoms with E-state index >= 15 is 0 Å². The van der Waals surface area contributed by atoms with Crippen molar-refractivity contribution in [2.45, 2.75) is 30.1 Å². The average Bonchev–Trinajstić information content (AvgIpc) is 1.51. The van der Waals surface area contributed by atoms with E-state index in [0.717, 1.165) is 50.7 Å². The van der Waals surface area contributed by atoms with E-state index in [9.17, 15) is 2.74 Å². The monoisotopic (exact) mass is 1090 g/mol. The molecule has 0 bridgehead atoms. The number of para-hydroxylation sites is 2. The Kier molecular flexibility index (Phi) is 9.72. The summed E-state index contributed by atoms with van der Waals surface area (Å²) < 4.78 is 45.2. The fraction of sp³-hybridized carbons (Fsp3) is 0.0602. The minimum absolute atomic E-state index is 0.146. The van der Waals surface area contributed by atoms with Gasteiger partial charge in [0.25, 0.3) is 0 Å². The van der Waals surface area contributed by atoms with Crippen molar-refractivity contribution in [3.05, 3.63) is 371 Å². The van der Waals surface area contributed by atoms with E-state index in [1.54, 1.807) is 0 Å². The van der Waals surface area contributed by atoms with E-state index in [4.69, 9.17) is 4.11 Å². The van der Waals surface area contributed by atoms with Gasteiger partial charge in [-0.15, -0.1) is 0 Å². The minimum atomic E-state index is -0.821. The number of nitrogens with zero attached hydrogens (tertiary/aromatic N) is 2. The highest BCUT2D eigenvalue weighted by atomic mass is 15.2. The number of rotatable bonds is 9. The highest BCUT2D eigenvalue weighted by Gasteiger charge is 2.53. The molecule has 0 saturated carbocycles. The summed E-state index contributed by atoms with van der Waals surface area (Å²) in [4.78, 5) is 4.74. The lowest BCUT2D eigenvalue weighted by molar-refractivity contribution is 0.660. The van der Waals surface area contributed by atoms with Crippen LogP contribution in [0.25, 0.3) is 55.6 Å². The van der Waals surface area contributed by atoms with Gasteiger partial charge in [0.2, 0.25) is 0 Å². The SMILES string of the molecule is [2H]c1c([2H])c([2H])c(-c2ccccc2N(c2ccc3c(c2)C(C)(C)c2ccccc2-3)c2ccc3c(c2)C2(c4ccccc4-3)c3ccccc3-c3ccc(N(c4ccccc4)c4cccc5c4C(c4ccccc4)(c4ccccc4)c4ccccc4-5)cc32)c([2H])c1[2H]. The Morgan fingerprint density at radius 2 is 0.647 bits per heavy atom. The van der Waals surface area contributed by atoms with E-state index in [0.29, 0.717) is 11.3 Å². The molecule has 1 atom stereocenters. The molecule has 85 heavy (non-hydrogen) atoms. The third kappa shape index (κ3) is 6.88. The first-order valence-electron chi connectivity index (χ1n) is 31.9. The van der Waals surface area contributed by atoms with Crippen molar-refractivity contribution in [2.24, 2.45) is 0 Å². The van der Waals surface area contributed by atoms with Crippen LogP contribution in [-0.2, 0) is 16.2 Å². The van der Waals surface area contributed by atoms with Gasteiger partial charge in [0, 0.05) is 39.3 Å². The molecular weight excluding hydrogens is 1020 g/mol. The molecular formula is C83H58N2. The zero-order valence-electron chi connectivity index (χ0n) is 52.0. The summed E-state index contributed by atoms with van der Waals surface area (Å²) in [5, 5.41) is 0. The summed E-state index contributed by atoms with van der Waals surface area (Å²) in [7, 11) is 0. The van der Waals surface area contributed by atoms with Gasteiger partial charge in [-0.3, -0.25) is 0 Å². The molecule has 400 valence electrons. The quantitative estimate of drug-likeness (QED) is 0.142. The van der Waals surface area contributed by atoms with Gasteiger partial charge in [-0.1, -0.05) is 269 Å². The van der Waals surface area contributed by atoms with Gasteiger partial charge >= 0.3 is 0 Å². The molecule has 2 nitrogen and oxygen atoms in total. The normalized spacial score (nSPS) is 16.2.